The van der Waals surface area contributed by atoms with Crippen molar-refractivity contribution in [2.24, 2.45) is 0 Å². The molecule has 3 nitrogen and oxygen atoms in total. The van der Waals surface area contributed by atoms with E-state index < -0.39 is 6.43 Å². The summed E-state index contributed by atoms with van der Waals surface area (Å²) < 4.78 is 25.9. The largest absolute Gasteiger partial charge is 0.313 e. The Morgan fingerprint density at radius 1 is 1.38 bits per heavy atom. The Morgan fingerprint density at radius 2 is 2.06 bits per heavy atom. The fourth-order valence-electron chi connectivity index (χ4n) is 1.69. The summed E-state index contributed by atoms with van der Waals surface area (Å²) in [6, 6.07) is 0. The third kappa shape index (κ3) is 3.27. The van der Waals surface area contributed by atoms with Gasteiger partial charge in [-0.3, -0.25) is 4.68 Å². The lowest BCUT2D eigenvalue weighted by molar-refractivity contribution is 0.121. The molecule has 0 aliphatic carbocycles. The molecule has 0 aromatic carbocycles. The average Bonchev–Trinajstić information content (AvgIpc) is 2.45. The molecule has 0 atom stereocenters. The van der Waals surface area contributed by atoms with E-state index in [2.05, 4.69) is 17.3 Å². The average molecular weight is 231 g/mol. The summed E-state index contributed by atoms with van der Waals surface area (Å²) in [5, 5.41) is 7.38. The highest BCUT2D eigenvalue weighted by Crippen LogP contribution is 2.14. The maximum atomic E-state index is 12.3. The van der Waals surface area contributed by atoms with Crippen LogP contribution in [0.5, 0.6) is 0 Å². The predicted octanol–water partition coefficient (Wildman–Crippen LogP) is 2.26. The third-order valence-electron chi connectivity index (χ3n) is 2.57. The number of aromatic nitrogens is 2. The maximum absolute atomic E-state index is 12.3. The fourth-order valence-corrected chi connectivity index (χ4v) is 1.69. The molecule has 0 fully saturated rings. The maximum Gasteiger partial charge on any atom is 0.257 e. The van der Waals surface area contributed by atoms with Crippen LogP contribution in [0.1, 0.15) is 30.3 Å². The first-order chi connectivity index (χ1) is 7.56. The number of halogens is 2. The number of alkyl halides is 2. The highest BCUT2D eigenvalue weighted by atomic mass is 19.3. The highest BCUT2D eigenvalue weighted by Gasteiger charge is 2.13. The molecule has 0 spiro atoms. The van der Waals surface area contributed by atoms with Crippen molar-refractivity contribution in [1.29, 1.82) is 0 Å². The molecular formula is C11H19F2N3. The lowest BCUT2D eigenvalue weighted by Crippen LogP contribution is -2.15. The molecule has 1 N–H and O–H groups in total. The number of rotatable bonds is 6. The van der Waals surface area contributed by atoms with Gasteiger partial charge >= 0.3 is 0 Å². The number of hydrogen-bond acceptors (Lipinski definition) is 2. The van der Waals surface area contributed by atoms with Gasteiger partial charge in [0.15, 0.2) is 0 Å². The van der Waals surface area contributed by atoms with Gasteiger partial charge in [0.2, 0.25) is 0 Å². The van der Waals surface area contributed by atoms with Crippen molar-refractivity contribution in [2.75, 3.05) is 6.54 Å². The number of nitrogens with zero attached hydrogens (tertiary/aromatic N) is 2. The third-order valence-corrected chi connectivity index (χ3v) is 2.57. The molecular weight excluding hydrogens is 212 g/mol. The second kappa shape index (κ2) is 5.94. The smallest absolute Gasteiger partial charge is 0.257 e. The van der Waals surface area contributed by atoms with Crippen molar-refractivity contribution >= 4 is 0 Å². The molecule has 1 rings (SSSR count). The van der Waals surface area contributed by atoms with Crippen LogP contribution in [0, 0.1) is 13.8 Å². The molecule has 5 heteroatoms. The summed E-state index contributed by atoms with van der Waals surface area (Å²) in [6.45, 7) is 7.10. The van der Waals surface area contributed by atoms with E-state index in [-0.39, 0.29) is 6.54 Å². The van der Waals surface area contributed by atoms with Crippen molar-refractivity contribution < 1.29 is 8.78 Å². The molecule has 0 unspecified atom stereocenters. The van der Waals surface area contributed by atoms with E-state index in [1.165, 1.54) is 4.68 Å². The van der Waals surface area contributed by atoms with Crippen molar-refractivity contribution in [3.8, 4) is 0 Å². The molecule has 0 amide bonds. The number of aryl methyl sites for hydroxylation is 1. The number of hydrogen-bond donors (Lipinski definition) is 1. The standard InChI is InChI=1S/C11H19F2N3/c1-4-5-14-6-10-8(2)15-16(9(10)3)7-11(12)13/h11,14H,4-7H2,1-3H3. The van der Waals surface area contributed by atoms with Gasteiger partial charge in [0.05, 0.1) is 5.69 Å². The van der Waals surface area contributed by atoms with E-state index in [1.807, 2.05) is 13.8 Å². The first-order valence-electron chi connectivity index (χ1n) is 5.58. The Balaban J connectivity index is 2.72. The molecule has 0 aliphatic rings. The Kier molecular flexibility index (Phi) is 4.86. The minimum Gasteiger partial charge on any atom is -0.313 e. The summed E-state index contributed by atoms with van der Waals surface area (Å²) in [5.41, 5.74) is 2.71. The van der Waals surface area contributed by atoms with Crippen LogP contribution in [0.3, 0.4) is 0 Å². The lowest BCUT2D eigenvalue weighted by Gasteiger charge is -2.05. The van der Waals surface area contributed by atoms with Crippen LogP contribution >= 0.6 is 0 Å². The van der Waals surface area contributed by atoms with Crippen LogP contribution < -0.4 is 5.32 Å². The van der Waals surface area contributed by atoms with Crippen molar-refractivity contribution in [2.45, 2.75) is 46.7 Å². The van der Waals surface area contributed by atoms with Gasteiger partial charge in [-0.2, -0.15) is 5.10 Å². The van der Waals surface area contributed by atoms with Gasteiger partial charge in [-0.15, -0.1) is 0 Å². The summed E-state index contributed by atoms with van der Waals surface area (Å²) in [4.78, 5) is 0. The molecule has 0 bridgehead atoms. The SMILES string of the molecule is CCCNCc1c(C)nn(CC(F)F)c1C. The molecule has 0 radical (unpaired) electrons. The Hall–Kier alpha value is -0.970. The van der Waals surface area contributed by atoms with Crippen LogP contribution in [0.25, 0.3) is 0 Å². The zero-order chi connectivity index (χ0) is 12.1. The van der Waals surface area contributed by atoms with E-state index in [9.17, 15) is 8.78 Å². The first-order valence-corrected chi connectivity index (χ1v) is 5.58. The van der Waals surface area contributed by atoms with Crippen molar-refractivity contribution in [3.05, 3.63) is 17.0 Å². The monoisotopic (exact) mass is 231 g/mol. The zero-order valence-corrected chi connectivity index (χ0v) is 10.1. The van der Waals surface area contributed by atoms with E-state index in [1.54, 1.807) is 0 Å². The van der Waals surface area contributed by atoms with Crippen LogP contribution in [-0.2, 0) is 13.1 Å². The minimum absolute atomic E-state index is 0.319. The van der Waals surface area contributed by atoms with Crippen LogP contribution in [0.4, 0.5) is 8.78 Å². The van der Waals surface area contributed by atoms with Gasteiger partial charge < -0.3 is 5.32 Å². The predicted molar refractivity (Wildman–Crippen MR) is 59.7 cm³/mol. The van der Waals surface area contributed by atoms with Gasteiger partial charge in [-0.05, 0) is 26.8 Å². The molecule has 92 valence electrons. The Bertz CT molecular complexity index is 334. The first kappa shape index (κ1) is 13.1. The van der Waals surface area contributed by atoms with Crippen LogP contribution in [-0.4, -0.2) is 22.8 Å². The summed E-state index contributed by atoms with van der Waals surface area (Å²) >= 11 is 0. The number of nitrogens with one attached hydrogen (secondary N) is 1. The molecule has 0 aliphatic heterocycles. The lowest BCUT2D eigenvalue weighted by atomic mass is 10.2. The second-order valence-electron chi connectivity index (χ2n) is 3.90. The fraction of sp³-hybridized carbons (Fsp3) is 0.727. The van der Waals surface area contributed by atoms with E-state index in [4.69, 9.17) is 0 Å². The zero-order valence-electron chi connectivity index (χ0n) is 10.1. The minimum atomic E-state index is -2.35. The summed E-state index contributed by atoms with van der Waals surface area (Å²) in [6.07, 6.45) is -1.29. The molecule has 16 heavy (non-hydrogen) atoms. The molecule has 0 saturated heterocycles. The van der Waals surface area contributed by atoms with Gasteiger partial charge in [0.25, 0.3) is 6.43 Å². The van der Waals surface area contributed by atoms with Crippen LogP contribution in [0.2, 0.25) is 0 Å². The van der Waals surface area contributed by atoms with Gasteiger partial charge in [-0.1, -0.05) is 6.92 Å². The van der Waals surface area contributed by atoms with Gasteiger partial charge in [0, 0.05) is 17.8 Å². The van der Waals surface area contributed by atoms with Crippen molar-refractivity contribution in [3.63, 3.8) is 0 Å². The van der Waals surface area contributed by atoms with Crippen LogP contribution in [0.15, 0.2) is 0 Å². The van der Waals surface area contributed by atoms with Crippen molar-refractivity contribution in [1.82, 2.24) is 15.1 Å². The molecule has 1 aromatic heterocycles. The summed E-state index contributed by atoms with van der Waals surface area (Å²) in [5.74, 6) is 0. The topological polar surface area (TPSA) is 29.9 Å². The highest BCUT2D eigenvalue weighted by molar-refractivity contribution is 5.24. The Morgan fingerprint density at radius 3 is 2.62 bits per heavy atom. The van der Waals surface area contributed by atoms with E-state index in [0.717, 1.165) is 29.9 Å². The Labute approximate surface area is 94.8 Å². The summed E-state index contributed by atoms with van der Waals surface area (Å²) in [7, 11) is 0. The molecule has 1 aromatic rings. The quantitative estimate of drug-likeness (QED) is 0.761. The molecule has 1 heterocycles. The molecule has 0 saturated carbocycles. The van der Waals surface area contributed by atoms with Gasteiger partial charge in [0.1, 0.15) is 6.54 Å². The van der Waals surface area contributed by atoms with Gasteiger partial charge in [-0.25, -0.2) is 8.78 Å². The second-order valence-corrected chi connectivity index (χ2v) is 3.90. The normalized spacial score (nSPS) is 11.4. The van der Waals surface area contributed by atoms with E-state index in [0.29, 0.717) is 6.54 Å². The van der Waals surface area contributed by atoms with E-state index >= 15 is 0 Å².